The van der Waals surface area contributed by atoms with Crippen molar-refractivity contribution >= 4 is 29.1 Å². The lowest BCUT2D eigenvalue weighted by Crippen LogP contribution is -2.34. The Labute approximate surface area is 180 Å². The quantitative estimate of drug-likeness (QED) is 0.305. The van der Waals surface area contributed by atoms with E-state index in [1.807, 2.05) is 0 Å². The monoisotopic (exact) mass is 445 g/mol. The van der Waals surface area contributed by atoms with E-state index in [9.17, 15) is 19.7 Å². The first kappa shape index (κ1) is 21.7. The summed E-state index contributed by atoms with van der Waals surface area (Å²) in [5, 5.41) is 20.1. The second-order valence-electron chi connectivity index (χ2n) is 6.09. The molecular weight excluding hydrogens is 430 g/mol. The van der Waals surface area contributed by atoms with Crippen LogP contribution >= 0.6 is 11.6 Å². The number of hydrogen-bond acceptors (Lipinski definition) is 8. The van der Waals surface area contributed by atoms with E-state index in [1.165, 1.54) is 25.3 Å². The van der Waals surface area contributed by atoms with Gasteiger partial charge >= 0.3 is 11.8 Å². The Balaban J connectivity index is 1.54. The number of nitro groups is 1. The van der Waals surface area contributed by atoms with Crippen molar-refractivity contribution in [1.82, 2.24) is 20.8 Å². The summed E-state index contributed by atoms with van der Waals surface area (Å²) in [6.07, 6.45) is 0. The Morgan fingerprint density at radius 2 is 1.90 bits per heavy atom. The number of hydrogen-bond donors (Lipinski definition) is 2. The minimum absolute atomic E-state index is 0.0672. The van der Waals surface area contributed by atoms with E-state index in [4.69, 9.17) is 20.9 Å². The number of amides is 2. The molecule has 0 aliphatic rings. The number of non-ortho nitro benzene ring substituents is 1. The average Bonchev–Trinajstić information content (AvgIpc) is 3.26. The second-order valence-corrected chi connectivity index (χ2v) is 6.52. The van der Waals surface area contributed by atoms with Crippen molar-refractivity contribution in [2.24, 2.45) is 0 Å². The highest BCUT2D eigenvalue weighted by molar-refractivity contribution is 6.30. The van der Waals surface area contributed by atoms with Crippen molar-refractivity contribution in [3.63, 3.8) is 0 Å². The van der Waals surface area contributed by atoms with Crippen LogP contribution in [0, 0.1) is 10.1 Å². The van der Waals surface area contributed by atoms with Gasteiger partial charge in [0, 0.05) is 35.8 Å². The van der Waals surface area contributed by atoms with E-state index in [-0.39, 0.29) is 36.1 Å². The van der Waals surface area contributed by atoms with Crippen LogP contribution in [0.2, 0.25) is 5.02 Å². The Bertz CT molecular complexity index is 1130. The number of nitrogens with zero attached hydrogens (tertiary/aromatic N) is 3. The molecule has 2 amide bonds. The zero-order valence-corrected chi connectivity index (χ0v) is 16.9. The molecular formula is C19H16ClN5O6. The number of benzene rings is 2. The third kappa shape index (κ3) is 5.34. The molecule has 0 saturated heterocycles. The van der Waals surface area contributed by atoms with E-state index < -0.39 is 16.7 Å². The summed E-state index contributed by atoms with van der Waals surface area (Å²) in [5.74, 6) is -0.832. The second kappa shape index (κ2) is 9.67. The topological polar surface area (TPSA) is 149 Å². The van der Waals surface area contributed by atoms with Gasteiger partial charge < -0.3 is 19.9 Å². The molecule has 0 atom stereocenters. The van der Waals surface area contributed by atoms with Gasteiger partial charge in [-0.2, -0.15) is 4.98 Å². The van der Waals surface area contributed by atoms with Gasteiger partial charge in [0.1, 0.15) is 5.75 Å². The normalized spacial score (nSPS) is 10.4. The van der Waals surface area contributed by atoms with E-state index >= 15 is 0 Å². The summed E-state index contributed by atoms with van der Waals surface area (Å²) in [7, 11) is 1.47. The molecule has 1 aromatic heterocycles. The van der Waals surface area contributed by atoms with Gasteiger partial charge in [-0.05, 0) is 24.3 Å². The fourth-order valence-electron chi connectivity index (χ4n) is 2.57. The van der Waals surface area contributed by atoms with E-state index in [0.29, 0.717) is 16.3 Å². The first-order valence-corrected chi connectivity index (χ1v) is 9.25. The number of rotatable bonds is 8. The van der Waals surface area contributed by atoms with Crippen LogP contribution in [0.25, 0.3) is 11.4 Å². The molecule has 3 aromatic rings. The molecule has 160 valence electrons. The number of carbonyl (C=O) groups excluding carboxylic acids is 2. The predicted molar refractivity (Wildman–Crippen MR) is 109 cm³/mol. The maximum absolute atomic E-state index is 12.2. The van der Waals surface area contributed by atoms with Gasteiger partial charge in [-0.1, -0.05) is 22.8 Å². The van der Waals surface area contributed by atoms with Crippen molar-refractivity contribution in [2.45, 2.75) is 0 Å². The van der Waals surface area contributed by atoms with Crippen LogP contribution in [0.4, 0.5) is 5.69 Å². The largest absolute Gasteiger partial charge is 0.496 e. The van der Waals surface area contributed by atoms with Crippen molar-refractivity contribution in [3.05, 3.63) is 69.1 Å². The highest BCUT2D eigenvalue weighted by Gasteiger charge is 2.18. The number of ether oxygens (including phenoxy) is 1. The van der Waals surface area contributed by atoms with E-state index in [1.54, 1.807) is 18.2 Å². The minimum Gasteiger partial charge on any atom is -0.496 e. The van der Waals surface area contributed by atoms with Crippen LogP contribution < -0.4 is 15.4 Å². The average molecular weight is 446 g/mol. The van der Waals surface area contributed by atoms with Gasteiger partial charge in [-0.15, -0.1) is 0 Å². The van der Waals surface area contributed by atoms with Crippen LogP contribution in [0.5, 0.6) is 5.75 Å². The van der Waals surface area contributed by atoms with Crippen LogP contribution in [-0.4, -0.2) is 47.1 Å². The maximum atomic E-state index is 12.2. The third-order valence-electron chi connectivity index (χ3n) is 4.04. The van der Waals surface area contributed by atoms with Gasteiger partial charge in [0.15, 0.2) is 0 Å². The highest BCUT2D eigenvalue weighted by Crippen LogP contribution is 2.30. The van der Waals surface area contributed by atoms with E-state index in [0.717, 1.165) is 6.07 Å². The summed E-state index contributed by atoms with van der Waals surface area (Å²) in [6, 6.07) is 10.2. The van der Waals surface area contributed by atoms with Crippen molar-refractivity contribution in [3.8, 4) is 17.1 Å². The molecule has 2 aromatic carbocycles. The lowest BCUT2D eigenvalue weighted by molar-refractivity contribution is -0.384. The zero-order chi connectivity index (χ0) is 22.4. The molecule has 0 saturated carbocycles. The molecule has 3 rings (SSSR count). The molecule has 11 nitrogen and oxygen atoms in total. The molecule has 0 radical (unpaired) electrons. The zero-order valence-electron chi connectivity index (χ0n) is 16.1. The predicted octanol–water partition coefficient (Wildman–Crippen LogP) is 2.47. The molecule has 0 unspecified atom stereocenters. The molecule has 12 heteroatoms. The van der Waals surface area contributed by atoms with E-state index in [2.05, 4.69) is 20.8 Å². The van der Waals surface area contributed by atoms with Gasteiger partial charge in [0.2, 0.25) is 5.82 Å². The minimum atomic E-state index is -0.635. The van der Waals surface area contributed by atoms with Crippen molar-refractivity contribution in [1.29, 1.82) is 0 Å². The molecule has 0 aliphatic carbocycles. The number of carbonyl (C=O) groups is 2. The fourth-order valence-corrected chi connectivity index (χ4v) is 2.74. The molecule has 0 spiro atoms. The smallest absolute Gasteiger partial charge is 0.316 e. The fraction of sp³-hybridized carbons (Fsp3) is 0.158. The van der Waals surface area contributed by atoms with Crippen molar-refractivity contribution in [2.75, 3.05) is 20.2 Å². The van der Waals surface area contributed by atoms with Crippen LogP contribution in [0.3, 0.4) is 0 Å². The molecule has 0 fully saturated rings. The number of methoxy groups -OCH3 is 1. The van der Waals surface area contributed by atoms with Crippen LogP contribution in [-0.2, 0) is 0 Å². The summed E-state index contributed by atoms with van der Waals surface area (Å²) < 4.78 is 10.2. The Morgan fingerprint density at radius 3 is 2.61 bits per heavy atom. The lowest BCUT2D eigenvalue weighted by Gasteiger charge is -2.06. The lowest BCUT2D eigenvalue weighted by atomic mass is 10.2. The first-order valence-electron chi connectivity index (χ1n) is 8.87. The van der Waals surface area contributed by atoms with Crippen LogP contribution in [0.15, 0.2) is 47.0 Å². The molecule has 1 heterocycles. The summed E-state index contributed by atoms with van der Waals surface area (Å²) in [4.78, 5) is 38.5. The Kier molecular flexibility index (Phi) is 6.78. The van der Waals surface area contributed by atoms with Gasteiger partial charge in [0.25, 0.3) is 11.6 Å². The van der Waals surface area contributed by atoms with Gasteiger partial charge in [-0.3, -0.25) is 19.7 Å². The molecule has 0 bridgehead atoms. The van der Waals surface area contributed by atoms with Crippen molar-refractivity contribution < 1.29 is 23.8 Å². The SMILES string of the molecule is COc1ccc(Cl)cc1-c1noc(C(=O)NCCNC(=O)c2cccc([N+](=O)[O-])c2)n1. The number of halogens is 1. The molecule has 0 aliphatic heterocycles. The third-order valence-corrected chi connectivity index (χ3v) is 4.27. The summed E-state index contributed by atoms with van der Waals surface area (Å²) >= 11 is 5.98. The molecule has 31 heavy (non-hydrogen) atoms. The number of nitro benzene ring substituents is 1. The van der Waals surface area contributed by atoms with Gasteiger partial charge in [-0.25, -0.2) is 0 Å². The highest BCUT2D eigenvalue weighted by atomic mass is 35.5. The standard InChI is InChI=1S/C19H16ClN5O6/c1-30-15-6-5-12(20)10-14(15)16-23-19(31-24-16)18(27)22-8-7-21-17(26)11-3-2-4-13(9-11)25(28)29/h2-6,9-10H,7-8H2,1H3,(H,21,26)(H,22,27). The Morgan fingerprint density at radius 1 is 1.16 bits per heavy atom. The summed E-state index contributed by atoms with van der Waals surface area (Å²) in [5.41, 5.74) is 0.407. The molecule has 2 N–H and O–H groups in total. The Hall–Kier alpha value is -3.99. The number of aromatic nitrogens is 2. The first-order chi connectivity index (χ1) is 14.9. The van der Waals surface area contributed by atoms with Crippen LogP contribution in [0.1, 0.15) is 21.0 Å². The number of nitrogens with one attached hydrogen (secondary N) is 2. The van der Waals surface area contributed by atoms with Gasteiger partial charge in [0.05, 0.1) is 17.6 Å². The summed E-state index contributed by atoms with van der Waals surface area (Å²) in [6.45, 7) is 0.147. The maximum Gasteiger partial charge on any atom is 0.316 e.